The minimum atomic E-state index is -0.341. The molecule has 0 radical (unpaired) electrons. The van der Waals surface area contributed by atoms with Crippen molar-refractivity contribution < 1.29 is 19.1 Å². The van der Waals surface area contributed by atoms with Gasteiger partial charge in [-0.15, -0.1) is 0 Å². The summed E-state index contributed by atoms with van der Waals surface area (Å²) >= 11 is 0. The summed E-state index contributed by atoms with van der Waals surface area (Å²) in [5, 5.41) is 0. The van der Waals surface area contributed by atoms with Gasteiger partial charge in [-0.1, -0.05) is 66.7 Å². The van der Waals surface area contributed by atoms with E-state index < -0.39 is 0 Å². The Balaban J connectivity index is 1.42. The van der Waals surface area contributed by atoms with Crippen molar-refractivity contribution in [1.82, 2.24) is 0 Å². The third kappa shape index (κ3) is 5.03. The zero-order chi connectivity index (χ0) is 27.5. The molecule has 200 valence electrons. The minimum absolute atomic E-state index is 0.00400. The Morgan fingerprint density at radius 3 is 2.10 bits per heavy atom. The SMILES string of the molecule is CCOc1ccccc1C1CC(=O)N(c2ccc(Oc3ccccc3)cc2)C2=C1C(=O)CC(c1ccccc1)C2. The second kappa shape index (κ2) is 11.2. The third-order valence-electron chi connectivity index (χ3n) is 7.67. The smallest absolute Gasteiger partial charge is 0.232 e. The molecule has 5 nitrogen and oxygen atoms in total. The first kappa shape index (κ1) is 25.6. The highest BCUT2D eigenvalue weighted by atomic mass is 16.5. The predicted octanol–water partition coefficient (Wildman–Crippen LogP) is 7.80. The van der Waals surface area contributed by atoms with Crippen LogP contribution in [-0.2, 0) is 9.59 Å². The highest BCUT2D eigenvalue weighted by molar-refractivity contribution is 6.08. The molecular weight excluding hydrogens is 498 g/mol. The second-order valence-electron chi connectivity index (χ2n) is 10.2. The number of para-hydroxylation sites is 2. The summed E-state index contributed by atoms with van der Waals surface area (Å²) in [7, 11) is 0. The topological polar surface area (TPSA) is 55.8 Å². The Bertz CT molecular complexity index is 1540. The number of nitrogens with zero attached hydrogens (tertiary/aromatic N) is 1. The summed E-state index contributed by atoms with van der Waals surface area (Å²) in [4.78, 5) is 29.6. The molecule has 2 atom stereocenters. The van der Waals surface area contributed by atoms with Crippen LogP contribution < -0.4 is 14.4 Å². The fourth-order valence-corrected chi connectivity index (χ4v) is 5.91. The maximum Gasteiger partial charge on any atom is 0.232 e. The van der Waals surface area contributed by atoms with Gasteiger partial charge in [0.15, 0.2) is 5.78 Å². The van der Waals surface area contributed by atoms with E-state index in [0.717, 1.165) is 39.6 Å². The van der Waals surface area contributed by atoms with Crippen molar-refractivity contribution in [2.75, 3.05) is 11.5 Å². The van der Waals surface area contributed by atoms with Crippen LogP contribution in [0.4, 0.5) is 5.69 Å². The number of ketones is 1. The van der Waals surface area contributed by atoms with E-state index in [-0.39, 0.29) is 29.9 Å². The summed E-state index contributed by atoms with van der Waals surface area (Å²) < 4.78 is 11.9. The molecule has 1 amide bonds. The van der Waals surface area contributed by atoms with E-state index in [2.05, 4.69) is 12.1 Å². The lowest BCUT2D eigenvalue weighted by atomic mass is 9.72. The van der Waals surface area contributed by atoms with Crippen molar-refractivity contribution in [2.45, 2.75) is 38.0 Å². The van der Waals surface area contributed by atoms with Crippen molar-refractivity contribution in [3.8, 4) is 17.2 Å². The Labute approximate surface area is 234 Å². The number of anilines is 1. The van der Waals surface area contributed by atoms with Gasteiger partial charge in [-0.2, -0.15) is 0 Å². The summed E-state index contributed by atoms with van der Waals surface area (Å²) in [5.41, 5.74) is 4.25. The predicted molar refractivity (Wildman–Crippen MR) is 156 cm³/mol. The fraction of sp³-hybridized carbons (Fsp3) is 0.200. The van der Waals surface area contributed by atoms with Crippen LogP contribution in [0.15, 0.2) is 120 Å². The zero-order valence-electron chi connectivity index (χ0n) is 22.5. The first-order valence-corrected chi connectivity index (χ1v) is 13.8. The number of ether oxygens (including phenoxy) is 2. The van der Waals surface area contributed by atoms with Gasteiger partial charge in [0.1, 0.15) is 17.2 Å². The Morgan fingerprint density at radius 2 is 1.38 bits per heavy atom. The second-order valence-corrected chi connectivity index (χ2v) is 10.2. The molecule has 1 heterocycles. The first-order valence-electron chi connectivity index (χ1n) is 13.8. The zero-order valence-corrected chi connectivity index (χ0v) is 22.5. The van der Waals surface area contributed by atoms with Gasteiger partial charge in [-0.05, 0) is 67.3 Å². The largest absolute Gasteiger partial charge is 0.494 e. The maximum atomic E-state index is 13.9. The van der Waals surface area contributed by atoms with E-state index in [4.69, 9.17) is 9.47 Å². The molecule has 0 spiro atoms. The maximum absolute atomic E-state index is 13.9. The summed E-state index contributed by atoms with van der Waals surface area (Å²) in [5.74, 6) is 1.87. The lowest BCUT2D eigenvalue weighted by molar-refractivity contribution is -0.120. The van der Waals surface area contributed by atoms with Crippen molar-refractivity contribution in [3.63, 3.8) is 0 Å². The van der Waals surface area contributed by atoms with E-state index in [1.807, 2.05) is 104 Å². The molecule has 0 aromatic heterocycles. The van der Waals surface area contributed by atoms with Crippen LogP contribution in [0.2, 0.25) is 0 Å². The lowest BCUT2D eigenvalue weighted by Crippen LogP contribution is -2.41. The molecule has 4 aromatic rings. The molecule has 0 fully saturated rings. The van der Waals surface area contributed by atoms with E-state index >= 15 is 0 Å². The molecular formula is C35H31NO4. The Hall–Kier alpha value is -4.64. The summed E-state index contributed by atoms with van der Waals surface area (Å²) in [6, 6.07) is 35.0. The third-order valence-corrected chi connectivity index (χ3v) is 7.67. The number of allylic oxidation sites excluding steroid dienone is 2. The number of carbonyl (C=O) groups excluding carboxylic acids is 2. The Morgan fingerprint density at radius 1 is 0.725 bits per heavy atom. The van der Waals surface area contributed by atoms with Crippen LogP contribution in [0.1, 0.15) is 49.1 Å². The number of benzene rings is 4. The van der Waals surface area contributed by atoms with E-state index in [9.17, 15) is 9.59 Å². The van der Waals surface area contributed by atoms with E-state index in [1.165, 1.54) is 0 Å². The molecule has 2 unspecified atom stereocenters. The van der Waals surface area contributed by atoms with Crippen LogP contribution in [0.3, 0.4) is 0 Å². The highest BCUT2D eigenvalue weighted by Gasteiger charge is 2.43. The molecule has 6 rings (SSSR count). The van der Waals surface area contributed by atoms with Gasteiger partial charge in [0.25, 0.3) is 0 Å². The monoisotopic (exact) mass is 529 g/mol. The molecule has 0 saturated heterocycles. The van der Waals surface area contributed by atoms with Crippen LogP contribution in [0.25, 0.3) is 0 Å². The first-order chi connectivity index (χ1) is 19.6. The van der Waals surface area contributed by atoms with E-state index in [0.29, 0.717) is 25.2 Å². The number of carbonyl (C=O) groups is 2. The molecule has 0 saturated carbocycles. The average molecular weight is 530 g/mol. The normalized spacial score (nSPS) is 18.9. The summed E-state index contributed by atoms with van der Waals surface area (Å²) in [6.07, 6.45) is 1.22. The van der Waals surface area contributed by atoms with Gasteiger partial charge >= 0.3 is 0 Å². The molecule has 40 heavy (non-hydrogen) atoms. The molecule has 0 N–H and O–H groups in total. The number of hydrogen-bond acceptors (Lipinski definition) is 4. The molecule has 1 aliphatic heterocycles. The van der Waals surface area contributed by atoms with Gasteiger partial charge in [-0.3, -0.25) is 14.5 Å². The quantitative estimate of drug-likeness (QED) is 0.245. The van der Waals surface area contributed by atoms with Gasteiger partial charge in [0.2, 0.25) is 5.91 Å². The number of amides is 1. The lowest BCUT2D eigenvalue weighted by Gasteiger charge is -2.40. The van der Waals surface area contributed by atoms with Gasteiger partial charge in [-0.25, -0.2) is 0 Å². The fourth-order valence-electron chi connectivity index (χ4n) is 5.91. The molecule has 0 bridgehead atoms. The molecule has 5 heteroatoms. The average Bonchev–Trinajstić information content (AvgIpc) is 2.99. The van der Waals surface area contributed by atoms with Crippen LogP contribution in [0.5, 0.6) is 17.2 Å². The summed E-state index contributed by atoms with van der Waals surface area (Å²) in [6.45, 7) is 2.45. The Kier molecular flexibility index (Phi) is 7.19. The van der Waals surface area contributed by atoms with Gasteiger partial charge in [0.05, 0.1) is 6.61 Å². The van der Waals surface area contributed by atoms with Crippen LogP contribution in [0, 0.1) is 0 Å². The number of hydrogen-bond donors (Lipinski definition) is 0. The van der Waals surface area contributed by atoms with E-state index in [1.54, 1.807) is 4.90 Å². The molecule has 4 aromatic carbocycles. The van der Waals surface area contributed by atoms with Crippen LogP contribution in [-0.4, -0.2) is 18.3 Å². The highest BCUT2D eigenvalue weighted by Crippen LogP contribution is 2.48. The van der Waals surface area contributed by atoms with Gasteiger partial charge in [0, 0.05) is 41.3 Å². The van der Waals surface area contributed by atoms with Crippen molar-refractivity contribution in [1.29, 1.82) is 0 Å². The molecule has 2 aliphatic rings. The number of rotatable bonds is 7. The van der Waals surface area contributed by atoms with Crippen molar-refractivity contribution in [3.05, 3.63) is 132 Å². The van der Waals surface area contributed by atoms with Crippen molar-refractivity contribution >= 4 is 17.4 Å². The van der Waals surface area contributed by atoms with Crippen LogP contribution >= 0.6 is 0 Å². The van der Waals surface area contributed by atoms with Gasteiger partial charge < -0.3 is 9.47 Å². The van der Waals surface area contributed by atoms with Crippen molar-refractivity contribution in [2.24, 2.45) is 0 Å². The molecule has 1 aliphatic carbocycles. The minimum Gasteiger partial charge on any atom is -0.494 e. The standard InChI is InChI=1S/C35H31NO4/c1-2-39-33-16-10-9-15-29(33)30-23-34(38)36(26-17-19-28(20-18-26)40-27-13-7-4-8-14-27)31-21-25(22-32(37)35(30)31)24-11-5-3-6-12-24/h3-20,25,30H,2,21-23H2,1H3. The number of Topliss-reactive ketones (excluding diaryl/α,β-unsaturated/α-hetero) is 1.